The summed E-state index contributed by atoms with van der Waals surface area (Å²) < 4.78 is 0. The van der Waals surface area contributed by atoms with Crippen molar-refractivity contribution in [1.29, 1.82) is 0 Å². The Hall–Kier alpha value is -2.17. The molecule has 3 rings (SSSR count). The summed E-state index contributed by atoms with van der Waals surface area (Å²) in [5, 5.41) is 12.8. The summed E-state index contributed by atoms with van der Waals surface area (Å²) in [7, 11) is 0. The molecule has 104 valence electrons. The van der Waals surface area contributed by atoms with Crippen molar-refractivity contribution in [2.24, 2.45) is 0 Å². The van der Waals surface area contributed by atoms with Gasteiger partial charge in [0.2, 0.25) is 0 Å². The first-order valence-electron chi connectivity index (χ1n) is 6.05. The molecule has 4 nitrogen and oxygen atoms in total. The summed E-state index contributed by atoms with van der Waals surface area (Å²) in [5.74, 6) is 0. The maximum atomic E-state index is 11.1. The SMILES string of the molecule is O=[N+]([O-])c1cccc2c(-c3cc(Cl)cc(Cl)c3)ccnc12. The van der Waals surface area contributed by atoms with Crippen molar-refractivity contribution in [1.82, 2.24) is 4.98 Å². The Morgan fingerprint density at radius 1 is 1.05 bits per heavy atom. The lowest BCUT2D eigenvalue weighted by Crippen LogP contribution is -1.92. The molecule has 0 unspecified atom stereocenters. The fourth-order valence-electron chi connectivity index (χ4n) is 2.27. The van der Waals surface area contributed by atoms with Crippen LogP contribution in [-0.2, 0) is 0 Å². The third kappa shape index (κ3) is 2.55. The van der Waals surface area contributed by atoms with E-state index in [-0.39, 0.29) is 5.69 Å². The third-order valence-electron chi connectivity index (χ3n) is 3.12. The molecule has 21 heavy (non-hydrogen) atoms. The van der Waals surface area contributed by atoms with Crippen LogP contribution in [0.4, 0.5) is 5.69 Å². The van der Waals surface area contributed by atoms with Gasteiger partial charge in [0.05, 0.1) is 4.92 Å². The number of fused-ring (bicyclic) bond motifs is 1. The van der Waals surface area contributed by atoms with Gasteiger partial charge < -0.3 is 0 Å². The fraction of sp³-hybridized carbons (Fsp3) is 0. The van der Waals surface area contributed by atoms with Crippen LogP contribution in [-0.4, -0.2) is 9.91 Å². The number of nitrogens with zero attached hydrogens (tertiary/aromatic N) is 2. The Balaban J connectivity index is 2.33. The number of hydrogen-bond acceptors (Lipinski definition) is 3. The molecule has 0 radical (unpaired) electrons. The van der Waals surface area contributed by atoms with Crippen molar-refractivity contribution >= 4 is 39.8 Å². The van der Waals surface area contributed by atoms with Crippen molar-refractivity contribution in [2.45, 2.75) is 0 Å². The number of aromatic nitrogens is 1. The van der Waals surface area contributed by atoms with E-state index < -0.39 is 4.92 Å². The van der Waals surface area contributed by atoms with E-state index in [1.165, 1.54) is 6.07 Å². The predicted molar refractivity (Wildman–Crippen MR) is 83.9 cm³/mol. The van der Waals surface area contributed by atoms with Crippen LogP contribution in [0.3, 0.4) is 0 Å². The largest absolute Gasteiger partial charge is 0.295 e. The first kappa shape index (κ1) is 13.8. The number of rotatable bonds is 2. The smallest absolute Gasteiger partial charge is 0.258 e. The first-order chi connectivity index (χ1) is 10.1. The maximum Gasteiger partial charge on any atom is 0.295 e. The zero-order chi connectivity index (χ0) is 15.0. The molecular formula is C15H8Cl2N2O2. The monoisotopic (exact) mass is 318 g/mol. The molecule has 6 heteroatoms. The molecule has 0 aliphatic rings. The van der Waals surface area contributed by atoms with Crippen molar-refractivity contribution in [3.63, 3.8) is 0 Å². The van der Waals surface area contributed by atoms with Crippen molar-refractivity contribution in [3.8, 4) is 11.1 Å². The molecule has 0 fully saturated rings. The second-order valence-electron chi connectivity index (χ2n) is 4.45. The van der Waals surface area contributed by atoms with Gasteiger partial charge in [-0.15, -0.1) is 0 Å². The van der Waals surface area contributed by atoms with Gasteiger partial charge in [-0.2, -0.15) is 0 Å². The minimum absolute atomic E-state index is 0.0255. The summed E-state index contributed by atoms with van der Waals surface area (Å²) in [6, 6.07) is 11.8. The van der Waals surface area contributed by atoms with Gasteiger partial charge in [0, 0.05) is 27.7 Å². The van der Waals surface area contributed by atoms with Gasteiger partial charge in [-0.1, -0.05) is 35.3 Å². The summed E-state index contributed by atoms with van der Waals surface area (Å²) >= 11 is 12.0. The quantitative estimate of drug-likeness (QED) is 0.487. The second-order valence-corrected chi connectivity index (χ2v) is 5.32. The van der Waals surface area contributed by atoms with E-state index in [1.807, 2.05) is 0 Å². The Morgan fingerprint density at radius 3 is 2.43 bits per heavy atom. The van der Waals surface area contributed by atoms with Gasteiger partial charge in [0.1, 0.15) is 5.52 Å². The van der Waals surface area contributed by atoms with E-state index in [9.17, 15) is 10.1 Å². The van der Waals surface area contributed by atoms with Gasteiger partial charge in [0.15, 0.2) is 0 Å². The number of hydrogen-bond donors (Lipinski definition) is 0. The average molecular weight is 319 g/mol. The minimum Gasteiger partial charge on any atom is -0.258 e. The summed E-state index contributed by atoms with van der Waals surface area (Å²) in [5.41, 5.74) is 1.91. The minimum atomic E-state index is -0.440. The van der Waals surface area contributed by atoms with Crippen molar-refractivity contribution in [2.75, 3.05) is 0 Å². The maximum absolute atomic E-state index is 11.1. The van der Waals surface area contributed by atoms with E-state index in [2.05, 4.69) is 4.98 Å². The Kier molecular flexibility index (Phi) is 3.49. The molecule has 0 saturated carbocycles. The highest BCUT2D eigenvalue weighted by molar-refractivity contribution is 6.35. The summed E-state index contributed by atoms with van der Waals surface area (Å²) in [4.78, 5) is 14.8. The number of para-hydroxylation sites is 1. The second kappa shape index (κ2) is 5.31. The molecule has 0 saturated heterocycles. The number of non-ortho nitro benzene ring substituents is 1. The molecule has 0 atom stereocenters. The molecular weight excluding hydrogens is 311 g/mol. The standard InChI is InChI=1S/C15H8Cl2N2O2/c16-10-6-9(7-11(17)8-10)12-4-5-18-15-13(12)2-1-3-14(15)19(20)21/h1-8H. The number of pyridine rings is 1. The van der Waals surface area contributed by atoms with Crippen LogP contribution >= 0.6 is 23.2 Å². The zero-order valence-electron chi connectivity index (χ0n) is 10.6. The normalized spacial score (nSPS) is 10.8. The molecule has 0 aliphatic carbocycles. The Bertz CT molecular complexity index is 845. The lowest BCUT2D eigenvalue weighted by atomic mass is 10.0. The molecule has 0 aliphatic heterocycles. The molecule has 0 N–H and O–H groups in total. The Labute approximate surface area is 130 Å². The van der Waals surface area contributed by atoms with Crippen molar-refractivity contribution < 1.29 is 4.92 Å². The highest BCUT2D eigenvalue weighted by atomic mass is 35.5. The lowest BCUT2D eigenvalue weighted by Gasteiger charge is -2.07. The van der Waals surface area contributed by atoms with Crippen molar-refractivity contribution in [3.05, 3.63) is 68.8 Å². The van der Waals surface area contributed by atoms with Gasteiger partial charge >= 0.3 is 0 Å². The van der Waals surface area contributed by atoms with Gasteiger partial charge in [-0.25, -0.2) is 4.98 Å². The number of halogens is 2. The van der Waals surface area contributed by atoms with E-state index in [0.717, 1.165) is 11.1 Å². The van der Waals surface area contributed by atoms with Crippen LogP contribution in [0, 0.1) is 10.1 Å². The van der Waals surface area contributed by atoms with Crippen LogP contribution in [0.5, 0.6) is 0 Å². The predicted octanol–water partition coefficient (Wildman–Crippen LogP) is 5.12. The van der Waals surface area contributed by atoms with E-state index in [4.69, 9.17) is 23.2 Å². The topological polar surface area (TPSA) is 56.0 Å². The van der Waals surface area contributed by atoms with E-state index >= 15 is 0 Å². The van der Waals surface area contributed by atoms with Crippen LogP contribution in [0.25, 0.3) is 22.0 Å². The molecule has 1 heterocycles. The lowest BCUT2D eigenvalue weighted by molar-refractivity contribution is -0.383. The zero-order valence-corrected chi connectivity index (χ0v) is 12.1. The molecule has 3 aromatic rings. The van der Waals surface area contributed by atoms with Crippen LogP contribution in [0.15, 0.2) is 48.7 Å². The van der Waals surface area contributed by atoms with Crippen LogP contribution < -0.4 is 0 Å². The highest BCUT2D eigenvalue weighted by Crippen LogP contribution is 2.34. The fourth-order valence-corrected chi connectivity index (χ4v) is 2.79. The average Bonchev–Trinajstić information content (AvgIpc) is 2.44. The molecule has 0 amide bonds. The summed E-state index contributed by atoms with van der Waals surface area (Å²) in [6.45, 7) is 0. The Morgan fingerprint density at radius 2 is 1.76 bits per heavy atom. The summed E-state index contributed by atoms with van der Waals surface area (Å²) in [6.07, 6.45) is 1.54. The third-order valence-corrected chi connectivity index (χ3v) is 3.56. The number of benzene rings is 2. The van der Waals surface area contributed by atoms with E-state index in [1.54, 1.807) is 42.6 Å². The van der Waals surface area contributed by atoms with Gasteiger partial charge in [-0.05, 0) is 35.4 Å². The molecule has 0 spiro atoms. The highest BCUT2D eigenvalue weighted by Gasteiger charge is 2.15. The number of nitro groups is 1. The van der Waals surface area contributed by atoms with Gasteiger partial charge in [-0.3, -0.25) is 10.1 Å². The van der Waals surface area contributed by atoms with E-state index in [0.29, 0.717) is 20.9 Å². The molecule has 1 aromatic heterocycles. The molecule has 2 aromatic carbocycles. The van der Waals surface area contributed by atoms with Crippen LogP contribution in [0.2, 0.25) is 10.0 Å². The van der Waals surface area contributed by atoms with Crippen LogP contribution in [0.1, 0.15) is 0 Å². The first-order valence-corrected chi connectivity index (χ1v) is 6.80. The van der Waals surface area contributed by atoms with Gasteiger partial charge in [0.25, 0.3) is 5.69 Å². The number of nitro benzene ring substituents is 1. The molecule has 0 bridgehead atoms.